The van der Waals surface area contributed by atoms with Gasteiger partial charge in [0, 0.05) is 26.7 Å². The molecular weight excluding hydrogens is 394 g/mol. The van der Waals surface area contributed by atoms with E-state index in [4.69, 9.17) is 4.74 Å². The number of aromatic nitrogens is 3. The third-order valence-corrected chi connectivity index (χ3v) is 6.50. The van der Waals surface area contributed by atoms with Crippen LogP contribution in [0.2, 0.25) is 0 Å². The quantitative estimate of drug-likeness (QED) is 0.758. The molecule has 31 heavy (non-hydrogen) atoms. The van der Waals surface area contributed by atoms with Gasteiger partial charge in [0.25, 0.3) is 5.91 Å². The molecule has 166 valence electrons. The summed E-state index contributed by atoms with van der Waals surface area (Å²) in [5.41, 5.74) is 1.18. The van der Waals surface area contributed by atoms with Crippen molar-refractivity contribution in [2.75, 3.05) is 26.2 Å². The maximum absolute atomic E-state index is 13.2. The number of hydrogen-bond donors (Lipinski definition) is 1. The van der Waals surface area contributed by atoms with Crippen LogP contribution in [0.5, 0.6) is 5.75 Å². The van der Waals surface area contributed by atoms with Crippen LogP contribution in [-0.4, -0.2) is 57.9 Å². The molecule has 0 radical (unpaired) electrons. The first kappa shape index (κ1) is 21.3. The molecule has 1 fully saturated rings. The molecule has 8 nitrogen and oxygen atoms in total. The summed E-state index contributed by atoms with van der Waals surface area (Å²) < 4.78 is 7.48. The molecule has 0 saturated carbocycles. The highest BCUT2D eigenvalue weighted by Gasteiger charge is 2.42. The first-order valence-corrected chi connectivity index (χ1v) is 11.2. The van der Waals surface area contributed by atoms with Gasteiger partial charge in [-0.1, -0.05) is 29.8 Å². The number of para-hydroxylation sites is 1. The summed E-state index contributed by atoms with van der Waals surface area (Å²) in [6, 6.07) is 8.21. The molecule has 0 atom stereocenters. The standard InChI is InChI=1S/C23H31N5O3/c1-27-17-19(25-26-27)21(29)28-14-11-23(12-15-28)10-5-4-8-18-7-2-3-9-20(18)31-16-6-13-24-22(23)30/h2-3,7,9,17H,4-6,8,10-16H2,1H3,(H,24,30). The highest BCUT2D eigenvalue weighted by atomic mass is 16.5. The number of nitrogens with zero attached hydrogens (tertiary/aromatic N) is 4. The van der Waals surface area contributed by atoms with Crippen molar-refractivity contribution in [2.24, 2.45) is 12.5 Å². The molecule has 1 aromatic carbocycles. The molecule has 3 heterocycles. The Kier molecular flexibility index (Phi) is 6.53. The molecule has 2 aliphatic heterocycles. The van der Waals surface area contributed by atoms with E-state index in [2.05, 4.69) is 27.8 Å². The molecule has 0 bridgehead atoms. The van der Waals surface area contributed by atoms with Gasteiger partial charge in [0.2, 0.25) is 5.91 Å². The Morgan fingerprint density at radius 2 is 1.94 bits per heavy atom. The monoisotopic (exact) mass is 425 g/mol. The van der Waals surface area contributed by atoms with Crippen LogP contribution in [0.3, 0.4) is 0 Å². The second-order valence-electron chi connectivity index (χ2n) is 8.62. The van der Waals surface area contributed by atoms with Crippen LogP contribution in [0.15, 0.2) is 30.5 Å². The Hall–Kier alpha value is -2.90. The van der Waals surface area contributed by atoms with Crippen molar-refractivity contribution >= 4 is 11.8 Å². The van der Waals surface area contributed by atoms with Gasteiger partial charge in [-0.05, 0) is 50.2 Å². The van der Waals surface area contributed by atoms with Crippen molar-refractivity contribution in [1.29, 1.82) is 0 Å². The van der Waals surface area contributed by atoms with E-state index in [1.54, 1.807) is 18.1 Å². The molecule has 1 spiro atoms. The van der Waals surface area contributed by atoms with E-state index in [9.17, 15) is 9.59 Å². The van der Waals surface area contributed by atoms with E-state index >= 15 is 0 Å². The zero-order valence-electron chi connectivity index (χ0n) is 18.2. The molecule has 1 saturated heterocycles. The van der Waals surface area contributed by atoms with Crippen LogP contribution in [0, 0.1) is 5.41 Å². The number of aryl methyl sites for hydroxylation is 2. The van der Waals surface area contributed by atoms with Crippen LogP contribution >= 0.6 is 0 Å². The van der Waals surface area contributed by atoms with Gasteiger partial charge in [-0.25, -0.2) is 0 Å². The highest BCUT2D eigenvalue weighted by Crippen LogP contribution is 2.38. The van der Waals surface area contributed by atoms with Crippen molar-refractivity contribution in [3.63, 3.8) is 0 Å². The van der Waals surface area contributed by atoms with E-state index < -0.39 is 5.41 Å². The van der Waals surface area contributed by atoms with E-state index in [0.29, 0.717) is 44.8 Å². The predicted molar refractivity (Wildman–Crippen MR) is 116 cm³/mol. The number of benzene rings is 1. The van der Waals surface area contributed by atoms with Crippen LogP contribution in [0.4, 0.5) is 0 Å². The first-order valence-electron chi connectivity index (χ1n) is 11.2. The topological polar surface area (TPSA) is 89.4 Å². The van der Waals surface area contributed by atoms with E-state index in [0.717, 1.165) is 37.9 Å². The number of likely N-dealkylation sites (tertiary alicyclic amines) is 1. The number of ether oxygens (including phenoxy) is 1. The third kappa shape index (κ3) is 4.89. The highest BCUT2D eigenvalue weighted by molar-refractivity contribution is 5.92. The zero-order valence-corrected chi connectivity index (χ0v) is 18.2. The van der Waals surface area contributed by atoms with Crippen LogP contribution in [0.25, 0.3) is 0 Å². The molecule has 8 heteroatoms. The van der Waals surface area contributed by atoms with Crippen molar-refractivity contribution in [1.82, 2.24) is 25.2 Å². The lowest BCUT2D eigenvalue weighted by Crippen LogP contribution is -2.50. The minimum absolute atomic E-state index is 0.109. The Morgan fingerprint density at radius 1 is 1.13 bits per heavy atom. The summed E-state index contributed by atoms with van der Waals surface area (Å²) in [5.74, 6) is 0.969. The Bertz CT molecular complexity index is 917. The summed E-state index contributed by atoms with van der Waals surface area (Å²) in [5, 5.41) is 10.9. The van der Waals surface area contributed by atoms with Gasteiger partial charge in [-0.2, -0.15) is 0 Å². The summed E-state index contributed by atoms with van der Waals surface area (Å²) in [4.78, 5) is 27.7. The zero-order chi connectivity index (χ0) is 21.7. The summed E-state index contributed by atoms with van der Waals surface area (Å²) in [6.07, 6.45) is 7.54. The number of carbonyl (C=O) groups is 2. The summed E-state index contributed by atoms with van der Waals surface area (Å²) in [6.45, 7) is 2.32. The fraction of sp³-hybridized carbons (Fsp3) is 0.565. The smallest absolute Gasteiger partial charge is 0.276 e. The van der Waals surface area contributed by atoms with E-state index in [1.165, 1.54) is 10.2 Å². The molecule has 1 aromatic heterocycles. The SMILES string of the molecule is Cn1cc(C(=O)N2CCC3(CCCCc4ccccc4OCCCNC3=O)CC2)nn1. The Labute approximate surface area is 182 Å². The third-order valence-electron chi connectivity index (χ3n) is 6.50. The van der Waals surface area contributed by atoms with Gasteiger partial charge >= 0.3 is 0 Å². The van der Waals surface area contributed by atoms with Crippen LogP contribution in [-0.2, 0) is 18.3 Å². The fourth-order valence-electron chi connectivity index (χ4n) is 4.61. The number of amides is 2. The van der Waals surface area contributed by atoms with Gasteiger partial charge in [-0.3, -0.25) is 14.3 Å². The molecule has 0 unspecified atom stereocenters. The number of carbonyl (C=O) groups excluding carboxylic acids is 2. The fourth-order valence-corrected chi connectivity index (χ4v) is 4.61. The number of fused-ring (bicyclic) bond motifs is 1. The predicted octanol–water partition coefficient (Wildman–Crippen LogP) is 2.35. The van der Waals surface area contributed by atoms with Crippen molar-refractivity contribution in [3.05, 3.63) is 41.7 Å². The normalized spacial score (nSPS) is 19.9. The lowest BCUT2D eigenvalue weighted by Gasteiger charge is -2.40. The first-order chi connectivity index (χ1) is 15.1. The molecular formula is C23H31N5O3. The van der Waals surface area contributed by atoms with Gasteiger partial charge in [0.05, 0.1) is 18.2 Å². The van der Waals surface area contributed by atoms with Gasteiger partial charge < -0.3 is 15.0 Å². The minimum atomic E-state index is -0.409. The molecule has 1 N–H and O–H groups in total. The number of rotatable bonds is 1. The second kappa shape index (κ2) is 9.49. The van der Waals surface area contributed by atoms with Crippen LogP contribution < -0.4 is 10.1 Å². The number of hydrogen-bond acceptors (Lipinski definition) is 5. The minimum Gasteiger partial charge on any atom is -0.493 e. The van der Waals surface area contributed by atoms with E-state index in [-0.39, 0.29) is 11.8 Å². The van der Waals surface area contributed by atoms with Crippen molar-refractivity contribution in [2.45, 2.75) is 44.9 Å². The van der Waals surface area contributed by atoms with Gasteiger partial charge in [-0.15, -0.1) is 5.10 Å². The second-order valence-corrected chi connectivity index (χ2v) is 8.62. The molecule has 2 aromatic rings. The van der Waals surface area contributed by atoms with Crippen LogP contribution in [0.1, 0.15) is 54.6 Å². The maximum Gasteiger partial charge on any atom is 0.276 e. The summed E-state index contributed by atoms with van der Waals surface area (Å²) >= 11 is 0. The molecule has 2 amide bonds. The Morgan fingerprint density at radius 3 is 2.71 bits per heavy atom. The molecule has 0 aliphatic carbocycles. The molecule has 2 aliphatic rings. The van der Waals surface area contributed by atoms with E-state index in [1.807, 2.05) is 12.1 Å². The Balaban J connectivity index is 1.42. The molecule has 4 rings (SSSR count). The number of nitrogens with one attached hydrogen (secondary N) is 1. The van der Waals surface area contributed by atoms with Gasteiger partial charge in [0.1, 0.15) is 5.75 Å². The van der Waals surface area contributed by atoms with Crippen molar-refractivity contribution in [3.8, 4) is 5.75 Å². The average molecular weight is 426 g/mol. The maximum atomic E-state index is 13.2. The van der Waals surface area contributed by atoms with Crippen molar-refractivity contribution < 1.29 is 14.3 Å². The lowest BCUT2D eigenvalue weighted by atomic mass is 9.73. The lowest BCUT2D eigenvalue weighted by molar-refractivity contribution is -0.134. The summed E-state index contributed by atoms with van der Waals surface area (Å²) in [7, 11) is 1.75. The largest absolute Gasteiger partial charge is 0.493 e. The van der Waals surface area contributed by atoms with Gasteiger partial charge in [0.15, 0.2) is 5.69 Å². The number of piperidine rings is 1. The average Bonchev–Trinajstić information content (AvgIpc) is 3.23.